The van der Waals surface area contributed by atoms with E-state index in [-0.39, 0.29) is 9.52 Å². The highest BCUT2D eigenvalue weighted by molar-refractivity contribution is 6.55. The average Bonchev–Trinajstić information content (AvgIpc) is 2.17. The van der Waals surface area contributed by atoms with Crippen molar-refractivity contribution in [2.45, 2.75) is 6.55 Å². The van der Waals surface area contributed by atoms with Gasteiger partial charge in [-0.2, -0.15) is 0 Å². The average molecular weight is 172 g/mol. The van der Waals surface area contributed by atoms with E-state index in [1.807, 2.05) is 0 Å². The number of benzene rings is 2. The molecule has 0 saturated carbocycles. The van der Waals surface area contributed by atoms with Crippen LogP contribution in [0.2, 0.25) is 6.55 Å². The standard InChI is InChI=1S/C11H12Si/c1-12-11-8-4-6-9-5-2-3-7-10(9)11/h2-8H,12H2,1H3. The molecule has 2 rings (SSSR count). The third kappa shape index (κ3) is 1.16. The third-order valence-electron chi connectivity index (χ3n) is 2.26. The summed E-state index contributed by atoms with van der Waals surface area (Å²) in [6, 6.07) is 15.2. The van der Waals surface area contributed by atoms with E-state index >= 15 is 0 Å². The van der Waals surface area contributed by atoms with Crippen LogP contribution in [0.25, 0.3) is 10.8 Å². The molecular weight excluding hydrogens is 160 g/mol. The zero-order chi connectivity index (χ0) is 8.39. The largest absolute Gasteiger partial charge is 0.0708 e. The summed E-state index contributed by atoms with van der Waals surface area (Å²) >= 11 is 0. The van der Waals surface area contributed by atoms with Crippen molar-refractivity contribution in [1.82, 2.24) is 0 Å². The zero-order valence-corrected chi connectivity index (χ0v) is 8.66. The molecule has 0 spiro atoms. The Bertz CT molecular complexity index is 388. The van der Waals surface area contributed by atoms with Crippen LogP contribution >= 0.6 is 0 Å². The highest BCUT2D eigenvalue weighted by Gasteiger charge is 1.95. The van der Waals surface area contributed by atoms with E-state index in [4.69, 9.17) is 0 Å². The second kappa shape index (κ2) is 3.11. The van der Waals surface area contributed by atoms with Gasteiger partial charge in [0.25, 0.3) is 0 Å². The Morgan fingerprint density at radius 2 is 1.67 bits per heavy atom. The van der Waals surface area contributed by atoms with Crippen LogP contribution in [-0.2, 0) is 0 Å². The maximum Gasteiger partial charge on any atom is 0.0525 e. The molecule has 0 fully saturated rings. The van der Waals surface area contributed by atoms with E-state index in [1.165, 1.54) is 10.8 Å². The van der Waals surface area contributed by atoms with Gasteiger partial charge >= 0.3 is 0 Å². The first-order valence-corrected chi connectivity index (χ1v) is 6.50. The molecular formula is C11H12Si. The Labute approximate surface area is 75.1 Å². The van der Waals surface area contributed by atoms with Gasteiger partial charge in [-0.1, -0.05) is 54.2 Å². The highest BCUT2D eigenvalue weighted by Crippen LogP contribution is 2.09. The van der Waals surface area contributed by atoms with Gasteiger partial charge in [0.1, 0.15) is 0 Å². The lowest BCUT2D eigenvalue weighted by Gasteiger charge is -2.01. The van der Waals surface area contributed by atoms with E-state index in [1.54, 1.807) is 5.19 Å². The molecule has 0 saturated heterocycles. The highest BCUT2D eigenvalue weighted by atomic mass is 28.2. The SMILES string of the molecule is C[SiH2]c1cccc2ccccc12. The van der Waals surface area contributed by atoms with E-state index in [0.717, 1.165) is 0 Å². The minimum absolute atomic E-state index is 0.0306. The van der Waals surface area contributed by atoms with E-state index < -0.39 is 0 Å². The normalized spacial score (nSPS) is 11.4. The van der Waals surface area contributed by atoms with Crippen molar-refractivity contribution < 1.29 is 0 Å². The molecule has 0 nitrogen and oxygen atoms in total. The molecule has 0 N–H and O–H groups in total. The first-order chi connectivity index (χ1) is 5.92. The first kappa shape index (κ1) is 7.56. The van der Waals surface area contributed by atoms with Crippen molar-refractivity contribution in [3.8, 4) is 0 Å². The summed E-state index contributed by atoms with van der Waals surface area (Å²) in [6.45, 7) is 2.34. The van der Waals surface area contributed by atoms with E-state index in [9.17, 15) is 0 Å². The molecule has 0 radical (unpaired) electrons. The number of rotatable bonds is 1. The summed E-state index contributed by atoms with van der Waals surface area (Å²) in [5, 5.41) is 4.41. The van der Waals surface area contributed by atoms with Crippen LogP contribution in [0.4, 0.5) is 0 Å². The van der Waals surface area contributed by atoms with Gasteiger partial charge in [-0.15, -0.1) is 0 Å². The summed E-state index contributed by atoms with van der Waals surface area (Å²) < 4.78 is 0. The summed E-state index contributed by atoms with van der Waals surface area (Å²) in [6.07, 6.45) is 0. The summed E-state index contributed by atoms with van der Waals surface area (Å²) in [5.74, 6) is 0. The van der Waals surface area contributed by atoms with Crippen LogP contribution in [0.15, 0.2) is 42.5 Å². The van der Waals surface area contributed by atoms with Crippen molar-refractivity contribution in [2.24, 2.45) is 0 Å². The van der Waals surface area contributed by atoms with Crippen LogP contribution < -0.4 is 5.19 Å². The van der Waals surface area contributed by atoms with Crippen LogP contribution in [0.1, 0.15) is 0 Å². The van der Waals surface area contributed by atoms with Gasteiger partial charge in [-0.05, 0) is 10.8 Å². The van der Waals surface area contributed by atoms with Crippen LogP contribution in [-0.4, -0.2) is 9.52 Å². The van der Waals surface area contributed by atoms with Gasteiger partial charge < -0.3 is 0 Å². The third-order valence-corrected chi connectivity index (χ3v) is 3.64. The molecule has 0 aliphatic heterocycles. The van der Waals surface area contributed by atoms with E-state index in [0.29, 0.717) is 0 Å². The number of fused-ring (bicyclic) bond motifs is 1. The quantitative estimate of drug-likeness (QED) is 0.574. The van der Waals surface area contributed by atoms with Gasteiger partial charge in [0.05, 0.1) is 9.52 Å². The molecule has 0 aliphatic carbocycles. The van der Waals surface area contributed by atoms with Gasteiger partial charge in [-0.25, -0.2) is 0 Å². The van der Waals surface area contributed by atoms with Crippen LogP contribution in [0.3, 0.4) is 0 Å². The molecule has 60 valence electrons. The van der Waals surface area contributed by atoms with Crippen LogP contribution in [0.5, 0.6) is 0 Å². The fourth-order valence-electron chi connectivity index (χ4n) is 1.60. The molecule has 0 aromatic heterocycles. The van der Waals surface area contributed by atoms with Crippen molar-refractivity contribution in [3.05, 3.63) is 42.5 Å². The zero-order valence-electron chi connectivity index (χ0n) is 7.25. The Kier molecular flexibility index (Phi) is 1.96. The molecule has 0 unspecified atom stereocenters. The lowest BCUT2D eigenvalue weighted by Crippen LogP contribution is -2.10. The molecule has 0 amide bonds. The molecule has 0 bridgehead atoms. The maximum atomic E-state index is 2.34. The fourth-order valence-corrected chi connectivity index (χ4v) is 2.68. The van der Waals surface area contributed by atoms with Crippen LogP contribution in [0, 0.1) is 0 Å². The minimum Gasteiger partial charge on any atom is -0.0708 e. The molecule has 0 heterocycles. The predicted octanol–water partition coefficient (Wildman–Crippen LogP) is 1.68. The first-order valence-electron chi connectivity index (χ1n) is 4.38. The van der Waals surface area contributed by atoms with Crippen molar-refractivity contribution in [2.75, 3.05) is 0 Å². The second-order valence-corrected chi connectivity index (χ2v) is 4.46. The van der Waals surface area contributed by atoms with Gasteiger partial charge in [-0.3, -0.25) is 0 Å². The molecule has 1 heteroatoms. The maximum absolute atomic E-state index is 2.34. The van der Waals surface area contributed by atoms with Crippen molar-refractivity contribution >= 4 is 25.5 Å². The molecule has 0 aliphatic rings. The topological polar surface area (TPSA) is 0 Å². The van der Waals surface area contributed by atoms with Gasteiger partial charge in [0, 0.05) is 0 Å². The summed E-state index contributed by atoms with van der Waals surface area (Å²) in [5.41, 5.74) is 0. The molecule has 2 aromatic rings. The second-order valence-electron chi connectivity index (χ2n) is 2.99. The Balaban J connectivity index is 2.79. The summed E-state index contributed by atoms with van der Waals surface area (Å²) in [7, 11) is -0.0306. The van der Waals surface area contributed by atoms with Gasteiger partial charge in [0.15, 0.2) is 0 Å². The minimum atomic E-state index is -0.0306. The monoisotopic (exact) mass is 172 g/mol. The Morgan fingerprint density at radius 1 is 0.917 bits per heavy atom. The Morgan fingerprint density at radius 3 is 2.50 bits per heavy atom. The number of hydrogen-bond donors (Lipinski definition) is 0. The smallest absolute Gasteiger partial charge is 0.0525 e. The van der Waals surface area contributed by atoms with Crippen molar-refractivity contribution in [1.29, 1.82) is 0 Å². The Hall–Kier alpha value is -1.08. The van der Waals surface area contributed by atoms with E-state index in [2.05, 4.69) is 49.0 Å². The van der Waals surface area contributed by atoms with Crippen molar-refractivity contribution in [3.63, 3.8) is 0 Å². The van der Waals surface area contributed by atoms with Gasteiger partial charge in [0.2, 0.25) is 0 Å². The summed E-state index contributed by atoms with van der Waals surface area (Å²) in [4.78, 5) is 0. The lowest BCUT2D eigenvalue weighted by atomic mass is 10.1. The fraction of sp³-hybridized carbons (Fsp3) is 0.0909. The lowest BCUT2D eigenvalue weighted by molar-refractivity contribution is 1.78. The molecule has 0 atom stereocenters. The number of hydrogen-bond acceptors (Lipinski definition) is 0. The molecule has 2 aromatic carbocycles. The predicted molar refractivity (Wildman–Crippen MR) is 58.0 cm³/mol. The molecule has 12 heavy (non-hydrogen) atoms.